The third-order valence-corrected chi connectivity index (χ3v) is 6.08. The summed E-state index contributed by atoms with van der Waals surface area (Å²) < 4.78 is 29.2. The number of fused-ring (bicyclic) bond motifs is 3. The molecule has 6 heteroatoms. The van der Waals surface area contributed by atoms with E-state index in [2.05, 4.69) is 16.9 Å². The van der Waals surface area contributed by atoms with Crippen LogP contribution in [0.1, 0.15) is 0 Å². The number of aromatic nitrogens is 1. The van der Waals surface area contributed by atoms with Gasteiger partial charge in [0, 0.05) is 28.4 Å². The van der Waals surface area contributed by atoms with E-state index < -0.39 is 16.1 Å². The highest BCUT2D eigenvalue weighted by Crippen LogP contribution is 2.28. The highest BCUT2D eigenvalue weighted by molar-refractivity contribution is 7.89. The molecule has 0 fully saturated rings. The lowest BCUT2D eigenvalue weighted by atomic mass is 10.2. The number of nitrogens with zero attached hydrogens (tertiary/aromatic N) is 1. The molecule has 2 N–H and O–H groups in total. The number of aliphatic hydroxyl groups excluding tert-OH is 1. The summed E-state index contributed by atoms with van der Waals surface area (Å²) in [5.74, 6) is 0. The van der Waals surface area contributed by atoms with Gasteiger partial charge in [-0.15, -0.1) is 0 Å². The molecular formula is C21H20N2O3S. The van der Waals surface area contributed by atoms with E-state index in [1.807, 2.05) is 41.0 Å². The zero-order valence-corrected chi connectivity index (χ0v) is 15.4. The molecule has 4 rings (SSSR count). The number of benzene rings is 3. The van der Waals surface area contributed by atoms with Gasteiger partial charge in [0.1, 0.15) is 0 Å². The number of hydrogen-bond donors (Lipinski definition) is 2. The second-order valence-electron chi connectivity index (χ2n) is 6.46. The highest BCUT2D eigenvalue weighted by atomic mass is 32.2. The fourth-order valence-electron chi connectivity index (χ4n) is 3.36. The minimum absolute atomic E-state index is 0.0575. The van der Waals surface area contributed by atoms with Crippen molar-refractivity contribution in [3.8, 4) is 0 Å². The summed E-state index contributed by atoms with van der Waals surface area (Å²) >= 11 is 0. The number of sulfonamides is 1. The van der Waals surface area contributed by atoms with Gasteiger partial charge < -0.3 is 9.67 Å². The topological polar surface area (TPSA) is 71.3 Å². The van der Waals surface area contributed by atoms with Crippen LogP contribution in [0.3, 0.4) is 0 Å². The van der Waals surface area contributed by atoms with Crippen molar-refractivity contribution < 1.29 is 13.5 Å². The van der Waals surface area contributed by atoms with Gasteiger partial charge in [0.25, 0.3) is 0 Å². The molecule has 1 atom stereocenters. The Kier molecular flexibility index (Phi) is 4.70. The van der Waals surface area contributed by atoms with E-state index in [0.717, 1.165) is 21.8 Å². The molecule has 0 aliphatic rings. The molecule has 0 aliphatic heterocycles. The SMILES string of the molecule is O=S(=O)(NC[C@H](O)Cn1c2ccccc2c2ccccc21)c1ccccc1. The van der Waals surface area contributed by atoms with Gasteiger partial charge in [-0.1, -0.05) is 54.6 Å². The Morgan fingerprint density at radius 1 is 0.815 bits per heavy atom. The Balaban J connectivity index is 1.57. The van der Waals surface area contributed by atoms with E-state index in [0.29, 0.717) is 6.54 Å². The predicted molar refractivity (Wildman–Crippen MR) is 107 cm³/mol. The van der Waals surface area contributed by atoms with Crippen LogP contribution in [0.5, 0.6) is 0 Å². The molecule has 138 valence electrons. The van der Waals surface area contributed by atoms with E-state index >= 15 is 0 Å². The fourth-order valence-corrected chi connectivity index (χ4v) is 4.46. The summed E-state index contributed by atoms with van der Waals surface area (Å²) in [6.07, 6.45) is -0.859. The van der Waals surface area contributed by atoms with Crippen LogP contribution in [-0.2, 0) is 16.6 Å². The van der Waals surface area contributed by atoms with Crippen LogP contribution in [-0.4, -0.2) is 30.7 Å². The maximum absolute atomic E-state index is 12.3. The minimum Gasteiger partial charge on any atom is -0.390 e. The quantitative estimate of drug-likeness (QED) is 0.540. The second kappa shape index (κ2) is 7.15. The van der Waals surface area contributed by atoms with Gasteiger partial charge in [-0.05, 0) is 24.3 Å². The lowest BCUT2D eigenvalue weighted by molar-refractivity contribution is 0.161. The lowest BCUT2D eigenvalue weighted by Crippen LogP contribution is -2.34. The molecule has 0 unspecified atom stereocenters. The van der Waals surface area contributed by atoms with Gasteiger partial charge in [0.15, 0.2) is 0 Å². The standard InChI is InChI=1S/C21H20N2O3S/c24-16(14-22-27(25,26)17-8-2-1-3-9-17)15-23-20-12-6-4-10-18(20)19-11-5-7-13-21(19)23/h1-13,16,22,24H,14-15H2/t16-/m0/s1. The van der Waals surface area contributed by atoms with E-state index in [4.69, 9.17) is 0 Å². The van der Waals surface area contributed by atoms with Gasteiger partial charge in [-0.25, -0.2) is 13.1 Å². The van der Waals surface area contributed by atoms with Crippen LogP contribution in [0.15, 0.2) is 83.8 Å². The molecule has 0 saturated carbocycles. The van der Waals surface area contributed by atoms with Crippen molar-refractivity contribution in [1.29, 1.82) is 0 Å². The number of aliphatic hydroxyl groups is 1. The van der Waals surface area contributed by atoms with Crippen LogP contribution in [0.2, 0.25) is 0 Å². The summed E-state index contributed by atoms with van der Waals surface area (Å²) in [5, 5.41) is 12.7. The Morgan fingerprint density at radius 3 is 1.93 bits per heavy atom. The van der Waals surface area contributed by atoms with Crippen LogP contribution < -0.4 is 4.72 Å². The Morgan fingerprint density at radius 2 is 1.33 bits per heavy atom. The van der Waals surface area contributed by atoms with Crippen molar-refractivity contribution >= 4 is 31.8 Å². The molecule has 1 heterocycles. The van der Waals surface area contributed by atoms with Crippen LogP contribution >= 0.6 is 0 Å². The molecule has 0 aliphatic carbocycles. The maximum Gasteiger partial charge on any atom is 0.240 e. The Bertz CT molecular complexity index is 1130. The molecule has 0 amide bonds. The summed E-state index contributed by atoms with van der Waals surface area (Å²) in [4.78, 5) is 0.189. The largest absolute Gasteiger partial charge is 0.390 e. The first-order chi connectivity index (χ1) is 13.1. The number of para-hydroxylation sites is 2. The molecule has 0 bridgehead atoms. The van der Waals surface area contributed by atoms with E-state index in [-0.39, 0.29) is 11.4 Å². The minimum atomic E-state index is -3.64. The molecule has 4 aromatic rings. The monoisotopic (exact) mass is 380 g/mol. The smallest absolute Gasteiger partial charge is 0.240 e. The zero-order chi connectivity index (χ0) is 18.9. The van der Waals surface area contributed by atoms with Gasteiger partial charge in [-0.2, -0.15) is 0 Å². The summed E-state index contributed by atoms with van der Waals surface area (Å²) in [5.41, 5.74) is 2.03. The van der Waals surface area contributed by atoms with Crippen molar-refractivity contribution in [3.63, 3.8) is 0 Å². The summed E-state index contributed by atoms with van der Waals surface area (Å²) in [7, 11) is -3.64. The average Bonchev–Trinajstić information content (AvgIpc) is 3.01. The molecule has 0 spiro atoms. The third-order valence-electron chi connectivity index (χ3n) is 4.64. The highest BCUT2D eigenvalue weighted by Gasteiger charge is 2.17. The first-order valence-electron chi connectivity index (χ1n) is 8.75. The molecule has 0 radical (unpaired) electrons. The van der Waals surface area contributed by atoms with E-state index in [1.54, 1.807) is 18.2 Å². The number of rotatable bonds is 6. The van der Waals surface area contributed by atoms with E-state index in [9.17, 15) is 13.5 Å². The van der Waals surface area contributed by atoms with Crippen LogP contribution in [0, 0.1) is 0 Å². The van der Waals surface area contributed by atoms with Gasteiger partial charge in [-0.3, -0.25) is 0 Å². The van der Waals surface area contributed by atoms with Gasteiger partial charge in [0.05, 0.1) is 17.5 Å². The van der Waals surface area contributed by atoms with E-state index in [1.165, 1.54) is 12.1 Å². The van der Waals surface area contributed by atoms with Crippen LogP contribution in [0.25, 0.3) is 21.8 Å². The molecule has 5 nitrogen and oxygen atoms in total. The normalized spacial score (nSPS) is 13.2. The fraction of sp³-hybridized carbons (Fsp3) is 0.143. The summed E-state index contributed by atoms with van der Waals surface area (Å²) in [6.45, 7) is 0.239. The molecule has 1 aromatic heterocycles. The van der Waals surface area contributed by atoms with Crippen molar-refractivity contribution in [2.24, 2.45) is 0 Å². The lowest BCUT2D eigenvalue weighted by Gasteiger charge is -2.15. The molecule has 27 heavy (non-hydrogen) atoms. The van der Waals surface area contributed by atoms with Crippen LogP contribution in [0.4, 0.5) is 0 Å². The van der Waals surface area contributed by atoms with Gasteiger partial charge >= 0.3 is 0 Å². The van der Waals surface area contributed by atoms with Crippen molar-refractivity contribution in [1.82, 2.24) is 9.29 Å². The Hall–Kier alpha value is -2.67. The number of nitrogens with one attached hydrogen (secondary N) is 1. The Labute approximate surface area is 157 Å². The molecule has 0 saturated heterocycles. The third kappa shape index (κ3) is 3.47. The predicted octanol–water partition coefficient (Wildman–Crippen LogP) is 3.13. The summed E-state index contributed by atoms with van der Waals surface area (Å²) in [6, 6.07) is 24.2. The van der Waals surface area contributed by atoms with Crippen molar-refractivity contribution in [2.45, 2.75) is 17.5 Å². The maximum atomic E-state index is 12.3. The van der Waals surface area contributed by atoms with Crippen molar-refractivity contribution in [3.05, 3.63) is 78.9 Å². The average molecular weight is 380 g/mol. The number of hydrogen-bond acceptors (Lipinski definition) is 3. The van der Waals surface area contributed by atoms with Crippen molar-refractivity contribution in [2.75, 3.05) is 6.54 Å². The first-order valence-corrected chi connectivity index (χ1v) is 10.2. The van der Waals surface area contributed by atoms with Gasteiger partial charge in [0.2, 0.25) is 10.0 Å². The first kappa shape index (κ1) is 17.7. The molecule has 3 aromatic carbocycles. The zero-order valence-electron chi connectivity index (χ0n) is 14.6. The second-order valence-corrected chi connectivity index (χ2v) is 8.23. The molecular weight excluding hydrogens is 360 g/mol.